The Labute approximate surface area is 123 Å². The van der Waals surface area contributed by atoms with Gasteiger partial charge in [-0.2, -0.15) is 0 Å². The SMILES string of the molecule is CCC(C)C(NC(=O)C1(c2ccc(F)cc2)CC1)C(=O)O. The maximum absolute atomic E-state index is 13.0. The Bertz CT molecular complexity index is 537. The molecule has 1 aliphatic carbocycles. The fourth-order valence-corrected chi connectivity index (χ4v) is 2.50. The fraction of sp³-hybridized carbons (Fsp3) is 0.500. The minimum absolute atomic E-state index is 0.143. The third-order valence-corrected chi connectivity index (χ3v) is 4.35. The van der Waals surface area contributed by atoms with Gasteiger partial charge in [-0.1, -0.05) is 32.4 Å². The summed E-state index contributed by atoms with van der Waals surface area (Å²) in [6.07, 6.45) is 2.00. The van der Waals surface area contributed by atoms with E-state index in [4.69, 9.17) is 0 Å². The number of benzene rings is 1. The molecule has 0 aromatic heterocycles. The molecule has 5 heteroatoms. The molecule has 0 bridgehead atoms. The zero-order valence-corrected chi connectivity index (χ0v) is 12.2. The Morgan fingerprint density at radius 2 is 1.90 bits per heavy atom. The largest absolute Gasteiger partial charge is 0.480 e. The van der Waals surface area contributed by atoms with Crippen molar-refractivity contribution in [3.8, 4) is 0 Å². The highest BCUT2D eigenvalue weighted by Gasteiger charge is 2.52. The minimum Gasteiger partial charge on any atom is -0.480 e. The van der Waals surface area contributed by atoms with Gasteiger partial charge in [-0.25, -0.2) is 9.18 Å². The molecule has 1 fully saturated rings. The van der Waals surface area contributed by atoms with Gasteiger partial charge in [0.1, 0.15) is 11.9 Å². The van der Waals surface area contributed by atoms with Crippen LogP contribution in [0.4, 0.5) is 4.39 Å². The van der Waals surface area contributed by atoms with Gasteiger partial charge in [0.25, 0.3) is 0 Å². The van der Waals surface area contributed by atoms with Gasteiger partial charge in [-0.05, 0) is 36.5 Å². The number of rotatable bonds is 6. The molecule has 2 rings (SSSR count). The van der Waals surface area contributed by atoms with E-state index in [0.29, 0.717) is 19.3 Å². The number of hydrogen-bond donors (Lipinski definition) is 2. The number of carbonyl (C=O) groups excluding carboxylic acids is 1. The zero-order chi connectivity index (χ0) is 15.6. The Balaban J connectivity index is 2.15. The van der Waals surface area contributed by atoms with E-state index in [9.17, 15) is 19.1 Å². The van der Waals surface area contributed by atoms with Crippen LogP contribution in [0.1, 0.15) is 38.7 Å². The number of carboxylic acid groups (broad SMARTS) is 1. The van der Waals surface area contributed by atoms with Gasteiger partial charge >= 0.3 is 5.97 Å². The average Bonchev–Trinajstić information content (AvgIpc) is 3.25. The molecule has 2 atom stereocenters. The van der Waals surface area contributed by atoms with Crippen LogP contribution in [0.15, 0.2) is 24.3 Å². The van der Waals surface area contributed by atoms with E-state index in [0.717, 1.165) is 5.56 Å². The van der Waals surface area contributed by atoms with Crippen LogP contribution in [-0.4, -0.2) is 23.0 Å². The van der Waals surface area contributed by atoms with Crippen LogP contribution in [0.5, 0.6) is 0 Å². The molecule has 1 aliphatic rings. The summed E-state index contributed by atoms with van der Waals surface area (Å²) in [7, 11) is 0. The first kappa shape index (κ1) is 15.5. The zero-order valence-electron chi connectivity index (χ0n) is 12.2. The minimum atomic E-state index is -1.02. The Morgan fingerprint density at radius 3 is 2.33 bits per heavy atom. The lowest BCUT2D eigenvalue weighted by molar-refractivity contribution is -0.143. The van der Waals surface area contributed by atoms with Crippen molar-refractivity contribution in [1.29, 1.82) is 0 Å². The van der Waals surface area contributed by atoms with Crippen molar-refractivity contribution in [2.24, 2.45) is 5.92 Å². The highest BCUT2D eigenvalue weighted by molar-refractivity contribution is 5.94. The van der Waals surface area contributed by atoms with Crippen molar-refractivity contribution in [3.05, 3.63) is 35.6 Å². The van der Waals surface area contributed by atoms with E-state index in [2.05, 4.69) is 5.32 Å². The van der Waals surface area contributed by atoms with Crippen molar-refractivity contribution in [3.63, 3.8) is 0 Å². The second-order valence-electron chi connectivity index (χ2n) is 5.76. The van der Waals surface area contributed by atoms with E-state index in [1.807, 2.05) is 6.92 Å². The van der Waals surface area contributed by atoms with E-state index in [-0.39, 0.29) is 17.6 Å². The van der Waals surface area contributed by atoms with Gasteiger partial charge in [-0.3, -0.25) is 4.79 Å². The highest BCUT2D eigenvalue weighted by Crippen LogP contribution is 2.48. The summed E-state index contributed by atoms with van der Waals surface area (Å²) in [4.78, 5) is 23.8. The standard InChI is InChI=1S/C16H20FNO3/c1-3-10(2)13(14(19)20)18-15(21)16(8-9-16)11-4-6-12(17)7-5-11/h4-7,10,13H,3,8-9H2,1-2H3,(H,18,21)(H,19,20). The summed E-state index contributed by atoms with van der Waals surface area (Å²) in [5.74, 6) is -1.79. The van der Waals surface area contributed by atoms with Gasteiger partial charge < -0.3 is 10.4 Å². The fourth-order valence-electron chi connectivity index (χ4n) is 2.50. The first-order chi connectivity index (χ1) is 9.90. The summed E-state index contributed by atoms with van der Waals surface area (Å²) in [6, 6.07) is 4.96. The lowest BCUT2D eigenvalue weighted by atomic mass is 9.93. The van der Waals surface area contributed by atoms with E-state index >= 15 is 0 Å². The maximum atomic E-state index is 13.0. The summed E-state index contributed by atoms with van der Waals surface area (Å²) in [5.41, 5.74) is 0.0594. The molecule has 1 aromatic carbocycles. The predicted molar refractivity (Wildman–Crippen MR) is 76.3 cm³/mol. The molecular formula is C16H20FNO3. The summed E-state index contributed by atoms with van der Waals surface area (Å²) in [6.45, 7) is 3.69. The van der Waals surface area contributed by atoms with E-state index in [1.165, 1.54) is 12.1 Å². The number of amides is 1. The van der Waals surface area contributed by atoms with Crippen molar-refractivity contribution in [1.82, 2.24) is 5.32 Å². The molecule has 21 heavy (non-hydrogen) atoms. The highest BCUT2D eigenvalue weighted by atomic mass is 19.1. The van der Waals surface area contributed by atoms with Crippen LogP contribution in [-0.2, 0) is 15.0 Å². The molecule has 0 radical (unpaired) electrons. The number of hydrogen-bond acceptors (Lipinski definition) is 2. The van der Waals surface area contributed by atoms with Crippen LogP contribution < -0.4 is 5.32 Å². The topological polar surface area (TPSA) is 66.4 Å². The molecular weight excluding hydrogens is 273 g/mol. The van der Waals surface area contributed by atoms with Crippen molar-refractivity contribution in [2.75, 3.05) is 0 Å². The van der Waals surface area contributed by atoms with Crippen LogP contribution in [0.3, 0.4) is 0 Å². The predicted octanol–water partition coefficient (Wildman–Crippen LogP) is 2.47. The first-order valence-corrected chi connectivity index (χ1v) is 7.20. The number of nitrogens with one attached hydrogen (secondary N) is 1. The summed E-state index contributed by atoms with van der Waals surface area (Å²) in [5, 5.41) is 11.9. The van der Waals surface area contributed by atoms with Gasteiger partial charge in [0.15, 0.2) is 0 Å². The third kappa shape index (κ3) is 3.06. The monoisotopic (exact) mass is 293 g/mol. The Morgan fingerprint density at radius 1 is 1.33 bits per heavy atom. The molecule has 0 saturated heterocycles. The third-order valence-electron chi connectivity index (χ3n) is 4.35. The van der Waals surface area contributed by atoms with Gasteiger partial charge in [-0.15, -0.1) is 0 Å². The van der Waals surface area contributed by atoms with Crippen molar-refractivity contribution >= 4 is 11.9 Å². The molecule has 1 saturated carbocycles. The maximum Gasteiger partial charge on any atom is 0.326 e. The quantitative estimate of drug-likeness (QED) is 0.846. The van der Waals surface area contributed by atoms with Gasteiger partial charge in [0, 0.05) is 0 Å². The molecule has 0 spiro atoms. The van der Waals surface area contributed by atoms with E-state index < -0.39 is 17.4 Å². The Kier molecular flexibility index (Phi) is 4.30. The Hall–Kier alpha value is -1.91. The van der Waals surface area contributed by atoms with Crippen LogP contribution in [0.25, 0.3) is 0 Å². The number of halogens is 1. The van der Waals surface area contributed by atoms with Crippen molar-refractivity contribution in [2.45, 2.75) is 44.6 Å². The number of carboxylic acids is 1. The molecule has 0 heterocycles. The van der Waals surface area contributed by atoms with Crippen LogP contribution in [0.2, 0.25) is 0 Å². The second kappa shape index (κ2) is 5.84. The first-order valence-electron chi connectivity index (χ1n) is 7.20. The molecule has 114 valence electrons. The van der Waals surface area contributed by atoms with Crippen molar-refractivity contribution < 1.29 is 19.1 Å². The lowest BCUT2D eigenvalue weighted by Crippen LogP contribution is -2.48. The molecule has 4 nitrogen and oxygen atoms in total. The molecule has 2 N–H and O–H groups in total. The number of carbonyl (C=O) groups is 2. The van der Waals surface area contributed by atoms with Gasteiger partial charge in [0.2, 0.25) is 5.91 Å². The summed E-state index contributed by atoms with van der Waals surface area (Å²) < 4.78 is 13.0. The molecule has 2 unspecified atom stereocenters. The lowest BCUT2D eigenvalue weighted by Gasteiger charge is -2.23. The normalized spacial score (nSPS) is 18.6. The van der Waals surface area contributed by atoms with Gasteiger partial charge in [0.05, 0.1) is 5.41 Å². The smallest absolute Gasteiger partial charge is 0.326 e. The van der Waals surface area contributed by atoms with Crippen LogP contribution in [0, 0.1) is 11.7 Å². The molecule has 1 aromatic rings. The average molecular weight is 293 g/mol. The van der Waals surface area contributed by atoms with E-state index in [1.54, 1.807) is 19.1 Å². The summed E-state index contributed by atoms with van der Waals surface area (Å²) >= 11 is 0. The van der Waals surface area contributed by atoms with Crippen LogP contribution >= 0.6 is 0 Å². The second-order valence-corrected chi connectivity index (χ2v) is 5.76. The molecule has 1 amide bonds. The molecule has 0 aliphatic heterocycles. The number of aliphatic carboxylic acids is 1.